The van der Waals surface area contributed by atoms with Crippen molar-refractivity contribution in [3.8, 4) is 11.5 Å². The van der Waals surface area contributed by atoms with E-state index in [-0.39, 0.29) is 22.3 Å². The summed E-state index contributed by atoms with van der Waals surface area (Å²) in [5, 5.41) is 0.0334. The third kappa shape index (κ3) is 5.56. The molecule has 158 valence electrons. The van der Waals surface area contributed by atoms with Gasteiger partial charge in [-0.2, -0.15) is 0 Å². The molecule has 2 atom stereocenters. The summed E-state index contributed by atoms with van der Waals surface area (Å²) in [4.78, 5) is 26.6. The zero-order valence-corrected chi connectivity index (χ0v) is 18.3. The fourth-order valence-corrected chi connectivity index (χ4v) is 4.98. The van der Waals surface area contributed by atoms with Crippen molar-refractivity contribution in [3.63, 3.8) is 0 Å². The fourth-order valence-electron chi connectivity index (χ4n) is 3.93. The lowest BCUT2D eigenvalue weighted by atomic mass is 10.0. The summed E-state index contributed by atoms with van der Waals surface area (Å²) in [5.74, 6) is 1.65. The summed E-state index contributed by atoms with van der Waals surface area (Å²) >= 11 is 1.29. The number of rotatable bonds is 7. The Labute approximate surface area is 187 Å². The van der Waals surface area contributed by atoms with E-state index in [0.717, 1.165) is 23.5 Å². The first-order valence-corrected chi connectivity index (χ1v) is 11.3. The quantitative estimate of drug-likeness (QED) is 0.498. The van der Waals surface area contributed by atoms with Gasteiger partial charge in [0.1, 0.15) is 11.5 Å². The van der Waals surface area contributed by atoms with Gasteiger partial charge in [-0.15, -0.1) is 0 Å². The average Bonchev–Trinajstić information content (AvgIpc) is 3.04. The van der Waals surface area contributed by atoms with Crippen LogP contribution in [-0.2, 0) is 22.6 Å². The van der Waals surface area contributed by atoms with Crippen LogP contribution in [0.1, 0.15) is 24.5 Å². The SMILES string of the molecule is CC(=O)S[C@H]1CC(=O)N(Cc2ccc(Oc3ccccc3)cc2)[C@@H]1Cc1ccccc1. The number of nitrogens with zero attached hydrogens (tertiary/aromatic N) is 1. The molecule has 1 saturated heterocycles. The number of hydrogen-bond donors (Lipinski definition) is 0. The molecule has 3 aromatic rings. The second kappa shape index (κ2) is 9.84. The summed E-state index contributed by atoms with van der Waals surface area (Å²) in [6, 6.07) is 27.6. The molecule has 1 aliphatic heterocycles. The monoisotopic (exact) mass is 431 g/mol. The van der Waals surface area contributed by atoms with E-state index in [1.165, 1.54) is 17.3 Å². The fraction of sp³-hybridized carbons (Fsp3) is 0.231. The summed E-state index contributed by atoms with van der Waals surface area (Å²) in [7, 11) is 0. The number of amides is 1. The molecule has 0 aliphatic carbocycles. The number of hydrogen-bond acceptors (Lipinski definition) is 4. The molecular weight excluding hydrogens is 406 g/mol. The van der Waals surface area contributed by atoms with Crippen LogP contribution in [0.3, 0.4) is 0 Å². The molecule has 0 bridgehead atoms. The molecule has 0 N–H and O–H groups in total. The first-order chi connectivity index (χ1) is 15.1. The molecule has 4 rings (SSSR count). The van der Waals surface area contributed by atoms with Crippen LogP contribution in [-0.4, -0.2) is 27.2 Å². The molecule has 1 heterocycles. The lowest BCUT2D eigenvalue weighted by Crippen LogP contribution is -2.37. The minimum atomic E-state index is -0.0223. The summed E-state index contributed by atoms with van der Waals surface area (Å²) in [6.07, 6.45) is 1.14. The molecule has 3 aromatic carbocycles. The molecule has 0 unspecified atom stereocenters. The predicted molar refractivity (Wildman–Crippen MR) is 124 cm³/mol. The van der Waals surface area contributed by atoms with Crippen LogP contribution >= 0.6 is 11.8 Å². The van der Waals surface area contributed by atoms with Gasteiger partial charge in [0.15, 0.2) is 5.12 Å². The lowest BCUT2D eigenvalue weighted by molar-refractivity contribution is -0.129. The lowest BCUT2D eigenvalue weighted by Gasteiger charge is -2.28. The number of para-hydroxylation sites is 1. The van der Waals surface area contributed by atoms with Crippen LogP contribution in [0, 0.1) is 0 Å². The molecule has 5 heteroatoms. The van der Waals surface area contributed by atoms with E-state index >= 15 is 0 Å². The normalized spacial score (nSPS) is 18.2. The molecule has 1 amide bonds. The van der Waals surface area contributed by atoms with E-state index in [1.54, 1.807) is 6.92 Å². The third-order valence-corrected chi connectivity index (χ3v) is 6.50. The van der Waals surface area contributed by atoms with Crippen LogP contribution in [0.25, 0.3) is 0 Å². The van der Waals surface area contributed by atoms with Crippen molar-refractivity contribution >= 4 is 22.8 Å². The van der Waals surface area contributed by atoms with E-state index in [4.69, 9.17) is 4.74 Å². The van der Waals surface area contributed by atoms with Gasteiger partial charge in [0.25, 0.3) is 0 Å². The second-order valence-corrected chi connectivity index (χ2v) is 9.11. The Morgan fingerprint density at radius 3 is 2.16 bits per heavy atom. The maximum atomic E-state index is 12.9. The highest BCUT2D eigenvalue weighted by molar-refractivity contribution is 8.14. The number of benzene rings is 3. The Morgan fingerprint density at radius 2 is 1.52 bits per heavy atom. The molecule has 0 radical (unpaired) electrons. The van der Waals surface area contributed by atoms with E-state index in [2.05, 4.69) is 12.1 Å². The van der Waals surface area contributed by atoms with Gasteiger partial charge in [0.05, 0.1) is 0 Å². The van der Waals surface area contributed by atoms with E-state index in [0.29, 0.717) is 13.0 Å². The molecular formula is C26H25NO3S. The highest BCUT2D eigenvalue weighted by Gasteiger charge is 2.40. The van der Waals surface area contributed by atoms with Crippen molar-refractivity contribution in [2.24, 2.45) is 0 Å². The number of carbonyl (C=O) groups excluding carboxylic acids is 2. The van der Waals surface area contributed by atoms with Gasteiger partial charge in [0.2, 0.25) is 5.91 Å². The zero-order chi connectivity index (χ0) is 21.6. The highest BCUT2D eigenvalue weighted by atomic mass is 32.2. The zero-order valence-electron chi connectivity index (χ0n) is 17.4. The van der Waals surface area contributed by atoms with Crippen LogP contribution in [0.4, 0.5) is 0 Å². The Balaban J connectivity index is 1.49. The van der Waals surface area contributed by atoms with Gasteiger partial charge >= 0.3 is 0 Å². The molecule has 0 saturated carbocycles. The van der Waals surface area contributed by atoms with Crippen LogP contribution in [0.2, 0.25) is 0 Å². The van der Waals surface area contributed by atoms with Crippen molar-refractivity contribution < 1.29 is 14.3 Å². The van der Waals surface area contributed by atoms with Gasteiger partial charge < -0.3 is 9.64 Å². The number of likely N-dealkylation sites (tertiary alicyclic amines) is 1. The van der Waals surface area contributed by atoms with Crippen LogP contribution in [0.5, 0.6) is 11.5 Å². The maximum absolute atomic E-state index is 12.9. The van der Waals surface area contributed by atoms with Gasteiger partial charge in [0, 0.05) is 31.2 Å². The molecule has 1 aliphatic rings. The van der Waals surface area contributed by atoms with Crippen LogP contribution in [0.15, 0.2) is 84.9 Å². The Kier molecular flexibility index (Phi) is 6.73. The number of ether oxygens (including phenoxy) is 1. The third-order valence-electron chi connectivity index (χ3n) is 5.39. The summed E-state index contributed by atoms with van der Waals surface area (Å²) < 4.78 is 5.86. The van der Waals surface area contributed by atoms with Gasteiger partial charge in [-0.3, -0.25) is 9.59 Å². The molecule has 4 nitrogen and oxygen atoms in total. The van der Waals surface area contributed by atoms with Crippen molar-refractivity contribution in [2.45, 2.75) is 37.6 Å². The minimum Gasteiger partial charge on any atom is -0.457 e. The van der Waals surface area contributed by atoms with E-state index in [1.807, 2.05) is 77.7 Å². The molecule has 0 aromatic heterocycles. The summed E-state index contributed by atoms with van der Waals surface area (Å²) in [5.41, 5.74) is 2.22. The topological polar surface area (TPSA) is 46.6 Å². The smallest absolute Gasteiger partial charge is 0.224 e. The van der Waals surface area contributed by atoms with E-state index < -0.39 is 0 Å². The van der Waals surface area contributed by atoms with E-state index in [9.17, 15) is 9.59 Å². The van der Waals surface area contributed by atoms with Gasteiger partial charge in [-0.25, -0.2) is 0 Å². The van der Waals surface area contributed by atoms with Gasteiger partial charge in [-0.1, -0.05) is 72.4 Å². The predicted octanol–water partition coefficient (Wildman–Crippen LogP) is 5.47. The Morgan fingerprint density at radius 1 is 0.903 bits per heavy atom. The maximum Gasteiger partial charge on any atom is 0.224 e. The second-order valence-electron chi connectivity index (χ2n) is 7.69. The Hall–Kier alpha value is -3.05. The molecule has 1 fully saturated rings. The molecule has 0 spiro atoms. The van der Waals surface area contributed by atoms with Crippen molar-refractivity contribution in [2.75, 3.05) is 0 Å². The van der Waals surface area contributed by atoms with Crippen molar-refractivity contribution in [1.29, 1.82) is 0 Å². The first-order valence-electron chi connectivity index (χ1n) is 10.4. The number of carbonyl (C=O) groups is 2. The average molecular weight is 432 g/mol. The minimum absolute atomic E-state index is 0.0101. The van der Waals surface area contributed by atoms with Crippen molar-refractivity contribution in [3.05, 3.63) is 96.1 Å². The summed E-state index contributed by atoms with van der Waals surface area (Å²) in [6.45, 7) is 2.10. The first kappa shape index (κ1) is 21.2. The van der Waals surface area contributed by atoms with Gasteiger partial charge in [-0.05, 0) is 41.8 Å². The number of thioether (sulfide) groups is 1. The largest absolute Gasteiger partial charge is 0.457 e. The van der Waals surface area contributed by atoms with Crippen molar-refractivity contribution in [1.82, 2.24) is 4.90 Å². The Bertz CT molecular complexity index is 1020. The van der Waals surface area contributed by atoms with Crippen LogP contribution < -0.4 is 4.74 Å². The standard InChI is InChI=1S/C26H25NO3S/c1-19(28)31-25-17-26(29)27(24(25)16-20-8-4-2-5-9-20)18-21-12-14-23(15-13-21)30-22-10-6-3-7-11-22/h2-15,24-25H,16-18H2,1H3/t24-,25+/m1/s1. The highest BCUT2D eigenvalue weighted by Crippen LogP contribution is 2.34. The molecule has 31 heavy (non-hydrogen) atoms.